The van der Waals surface area contributed by atoms with Crippen LogP contribution < -0.4 is 5.76 Å². The number of aromatic nitrogens is 1. The Morgan fingerprint density at radius 2 is 1.89 bits per heavy atom. The van der Waals surface area contributed by atoms with E-state index in [1.807, 2.05) is 38.1 Å². The van der Waals surface area contributed by atoms with Crippen LogP contribution in [0.5, 0.6) is 0 Å². The van der Waals surface area contributed by atoms with Crippen LogP contribution in [0.2, 0.25) is 10.0 Å². The number of nitrogens with zero attached hydrogens (tertiary/aromatic N) is 2. The number of benzene rings is 2. The Morgan fingerprint density at radius 3 is 2.61 bits per heavy atom. The summed E-state index contributed by atoms with van der Waals surface area (Å²) < 4.78 is 6.80. The number of carbonyl (C=O) groups is 1. The Bertz CT molecular complexity index is 1040. The normalized spacial score (nSPS) is 11.3. The summed E-state index contributed by atoms with van der Waals surface area (Å²) in [5.41, 5.74) is 2.23. The molecule has 0 saturated carbocycles. The second kappa shape index (κ2) is 8.84. The summed E-state index contributed by atoms with van der Waals surface area (Å²) in [5, 5.41) is 0.965. The van der Waals surface area contributed by atoms with Crippen LogP contribution in [0.25, 0.3) is 11.1 Å². The third-order valence-corrected chi connectivity index (χ3v) is 5.37. The average molecular weight is 421 g/mol. The van der Waals surface area contributed by atoms with Gasteiger partial charge in [0.05, 0.1) is 15.6 Å². The van der Waals surface area contributed by atoms with Crippen LogP contribution >= 0.6 is 23.2 Å². The summed E-state index contributed by atoms with van der Waals surface area (Å²) in [5.74, 6) is -0.368. The molecule has 3 aromatic rings. The van der Waals surface area contributed by atoms with E-state index in [0.717, 1.165) is 11.1 Å². The van der Waals surface area contributed by atoms with Gasteiger partial charge in [-0.3, -0.25) is 9.36 Å². The maximum Gasteiger partial charge on any atom is 0.419 e. The van der Waals surface area contributed by atoms with Gasteiger partial charge in [0.1, 0.15) is 0 Å². The Morgan fingerprint density at radius 1 is 1.14 bits per heavy atom. The lowest BCUT2D eigenvalue weighted by Crippen LogP contribution is -2.36. The van der Waals surface area contributed by atoms with Crippen molar-refractivity contribution in [2.75, 3.05) is 0 Å². The van der Waals surface area contributed by atoms with Crippen molar-refractivity contribution < 1.29 is 9.21 Å². The number of fused-ring (bicyclic) bond motifs is 1. The minimum atomic E-state index is -0.398. The molecule has 3 rings (SSSR count). The molecule has 0 spiro atoms. The molecule has 0 unspecified atom stereocenters. The predicted molar refractivity (Wildman–Crippen MR) is 112 cm³/mol. The first-order valence-electron chi connectivity index (χ1n) is 9.18. The summed E-state index contributed by atoms with van der Waals surface area (Å²) in [6, 6.07) is 12.7. The summed E-state index contributed by atoms with van der Waals surface area (Å²) >= 11 is 12.0. The molecule has 28 heavy (non-hydrogen) atoms. The van der Waals surface area contributed by atoms with Crippen LogP contribution in [0, 0.1) is 0 Å². The predicted octanol–water partition coefficient (Wildman–Crippen LogP) is 5.12. The highest BCUT2D eigenvalue weighted by Crippen LogP contribution is 2.24. The molecular weight excluding hydrogens is 399 g/mol. The van der Waals surface area contributed by atoms with Gasteiger partial charge in [-0.2, -0.15) is 0 Å². The minimum absolute atomic E-state index is 0.0296. The van der Waals surface area contributed by atoms with Gasteiger partial charge in [-0.15, -0.1) is 0 Å². The van der Waals surface area contributed by atoms with Gasteiger partial charge in [-0.25, -0.2) is 4.79 Å². The smallest absolute Gasteiger partial charge is 0.408 e. The summed E-state index contributed by atoms with van der Waals surface area (Å²) in [6.45, 7) is 4.84. The van der Waals surface area contributed by atoms with E-state index >= 15 is 0 Å². The van der Waals surface area contributed by atoms with E-state index in [1.165, 1.54) is 0 Å². The van der Waals surface area contributed by atoms with Crippen LogP contribution in [0.15, 0.2) is 51.7 Å². The lowest BCUT2D eigenvalue weighted by atomic mass is 10.1. The lowest BCUT2D eigenvalue weighted by molar-refractivity contribution is -0.133. The van der Waals surface area contributed by atoms with Gasteiger partial charge < -0.3 is 9.32 Å². The first-order valence-corrected chi connectivity index (χ1v) is 9.94. The molecule has 0 saturated heterocycles. The molecule has 0 aliphatic heterocycles. The fraction of sp³-hybridized carbons (Fsp3) is 0.333. The highest BCUT2D eigenvalue weighted by atomic mass is 35.5. The third kappa shape index (κ3) is 4.59. The van der Waals surface area contributed by atoms with Gasteiger partial charge in [0.15, 0.2) is 5.58 Å². The van der Waals surface area contributed by atoms with Crippen molar-refractivity contribution in [3.63, 3.8) is 0 Å². The number of halogens is 2. The van der Waals surface area contributed by atoms with Crippen molar-refractivity contribution in [2.24, 2.45) is 0 Å². The SMILES string of the molecule is CC(C)N(Cc1ccc(Cl)c(Cl)c1)C(=O)CCCn1c(=O)oc2ccccc21. The lowest BCUT2D eigenvalue weighted by Gasteiger charge is -2.27. The van der Waals surface area contributed by atoms with Gasteiger partial charge in [0, 0.05) is 25.6 Å². The van der Waals surface area contributed by atoms with Crippen LogP contribution in [-0.4, -0.2) is 21.4 Å². The standard InChI is InChI=1S/C21H22Cl2N2O3/c1-14(2)25(13-15-9-10-16(22)17(23)12-15)20(26)8-5-11-24-18-6-3-4-7-19(18)28-21(24)27/h3-4,6-7,9-10,12,14H,5,8,11,13H2,1-2H3. The number of amides is 1. The van der Waals surface area contributed by atoms with Gasteiger partial charge >= 0.3 is 5.76 Å². The largest absolute Gasteiger partial charge is 0.419 e. The zero-order valence-electron chi connectivity index (χ0n) is 15.8. The maximum absolute atomic E-state index is 12.8. The number of carbonyl (C=O) groups excluding carboxylic acids is 1. The molecular formula is C21H22Cl2N2O3. The van der Waals surface area contributed by atoms with Crippen molar-refractivity contribution in [3.05, 3.63) is 68.6 Å². The van der Waals surface area contributed by atoms with E-state index in [-0.39, 0.29) is 11.9 Å². The zero-order chi connectivity index (χ0) is 20.3. The van der Waals surface area contributed by atoms with Crippen LogP contribution in [-0.2, 0) is 17.9 Å². The first-order chi connectivity index (χ1) is 13.4. The fourth-order valence-electron chi connectivity index (χ4n) is 3.15. The topological polar surface area (TPSA) is 55.5 Å². The van der Waals surface area contributed by atoms with Crippen molar-refractivity contribution >= 4 is 40.2 Å². The molecule has 1 aromatic heterocycles. The second-order valence-electron chi connectivity index (χ2n) is 6.95. The highest BCUT2D eigenvalue weighted by Gasteiger charge is 2.18. The van der Waals surface area contributed by atoms with Crippen molar-refractivity contribution in [3.8, 4) is 0 Å². The molecule has 0 bridgehead atoms. The van der Waals surface area contributed by atoms with E-state index in [4.69, 9.17) is 27.6 Å². The molecule has 7 heteroatoms. The van der Waals surface area contributed by atoms with E-state index in [2.05, 4.69) is 0 Å². The van der Waals surface area contributed by atoms with E-state index in [0.29, 0.717) is 41.6 Å². The molecule has 0 atom stereocenters. The van der Waals surface area contributed by atoms with E-state index in [9.17, 15) is 9.59 Å². The summed E-state index contributed by atoms with van der Waals surface area (Å²) in [6.07, 6.45) is 0.887. The molecule has 0 radical (unpaired) electrons. The summed E-state index contributed by atoms with van der Waals surface area (Å²) in [4.78, 5) is 26.6. The average Bonchev–Trinajstić information content (AvgIpc) is 2.97. The fourth-order valence-corrected chi connectivity index (χ4v) is 3.47. The van der Waals surface area contributed by atoms with E-state index in [1.54, 1.807) is 27.7 Å². The number of rotatable bonds is 7. The molecule has 5 nitrogen and oxygen atoms in total. The van der Waals surface area contributed by atoms with Gasteiger partial charge in [-0.1, -0.05) is 41.4 Å². The summed E-state index contributed by atoms with van der Waals surface area (Å²) in [7, 11) is 0. The molecule has 2 aromatic carbocycles. The maximum atomic E-state index is 12.8. The quantitative estimate of drug-likeness (QED) is 0.532. The number of hydrogen-bond acceptors (Lipinski definition) is 3. The first kappa shape index (κ1) is 20.5. The number of oxazole rings is 1. The molecule has 0 N–H and O–H groups in total. The Labute approximate surface area is 173 Å². The molecule has 0 aliphatic carbocycles. The molecule has 1 amide bonds. The highest BCUT2D eigenvalue weighted by molar-refractivity contribution is 6.42. The van der Waals surface area contributed by atoms with Gasteiger partial charge in [0.25, 0.3) is 0 Å². The third-order valence-electron chi connectivity index (χ3n) is 4.63. The number of aryl methyl sites for hydroxylation is 1. The van der Waals surface area contributed by atoms with Crippen molar-refractivity contribution in [2.45, 2.75) is 45.8 Å². The molecule has 0 fully saturated rings. The van der Waals surface area contributed by atoms with Gasteiger partial charge in [0.2, 0.25) is 5.91 Å². The molecule has 148 valence electrons. The minimum Gasteiger partial charge on any atom is -0.408 e. The Balaban J connectivity index is 1.65. The second-order valence-corrected chi connectivity index (χ2v) is 7.77. The van der Waals surface area contributed by atoms with Crippen LogP contribution in [0.3, 0.4) is 0 Å². The molecule has 0 aliphatic rings. The van der Waals surface area contributed by atoms with Crippen molar-refractivity contribution in [1.82, 2.24) is 9.47 Å². The van der Waals surface area contributed by atoms with Crippen molar-refractivity contribution in [1.29, 1.82) is 0 Å². The van der Waals surface area contributed by atoms with Crippen LogP contribution in [0.4, 0.5) is 0 Å². The van der Waals surface area contributed by atoms with E-state index < -0.39 is 5.76 Å². The number of hydrogen-bond donors (Lipinski definition) is 0. The van der Waals surface area contributed by atoms with Gasteiger partial charge in [-0.05, 0) is 50.1 Å². The number of para-hydroxylation sites is 2. The molecule has 1 heterocycles. The Kier molecular flexibility index (Phi) is 6.47. The monoisotopic (exact) mass is 420 g/mol. The Hall–Kier alpha value is -2.24. The zero-order valence-corrected chi connectivity index (χ0v) is 17.3. The van der Waals surface area contributed by atoms with Crippen LogP contribution in [0.1, 0.15) is 32.3 Å².